The molecule has 2 aliphatic heterocycles. The topological polar surface area (TPSA) is 82.5 Å². The maximum absolute atomic E-state index is 13.0. The van der Waals surface area contributed by atoms with Crippen LogP contribution in [-0.2, 0) is 20.9 Å². The second-order valence-corrected chi connectivity index (χ2v) is 6.99. The van der Waals surface area contributed by atoms with Crippen LogP contribution in [0.25, 0.3) is 0 Å². The minimum Gasteiger partial charge on any atom is -0.468 e. The van der Waals surface area contributed by atoms with Crippen molar-refractivity contribution in [1.29, 1.82) is 0 Å². The van der Waals surface area contributed by atoms with E-state index in [2.05, 4.69) is 9.73 Å². The number of carbonyl (C=O) groups excluding carboxylic acids is 3. The number of amides is 3. The van der Waals surface area contributed by atoms with Crippen molar-refractivity contribution in [2.45, 2.75) is 18.8 Å². The van der Waals surface area contributed by atoms with Gasteiger partial charge < -0.3 is 14.5 Å². The molecule has 138 valence electrons. The van der Waals surface area contributed by atoms with Gasteiger partial charge in [0.2, 0.25) is 0 Å². The molecule has 26 heavy (non-hydrogen) atoms. The molecule has 2 atom stereocenters. The van der Waals surface area contributed by atoms with Crippen LogP contribution >= 0.6 is 11.8 Å². The van der Waals surface area contributed by atoms with Crippen LogP contribution in [0, 0.1) is 0 Å². The summed E-state index contributed by atoms with van der Waals surface area (Å²) in [6.07, 6.45) is -0.591. The van der Waals surface area contributed by atoms with Gasteiger partial charge in [0.25, 0.3) is 5.91 Å². The van der Waals surface area contributed by atoms with E-state index in [0.717, 1.165) is 5.56 Å². The SMILES string of the molecule is COC(=O)CSC1=NC2C(C(=O)N(Cc3ccccc3)C(=O)N2C)N1C. The van der Waals surface area contributed by atoms with Gasteiger partial charge in [-0.05, 0) is 5.56 Å². The highest BCUT2D eigenvalue weighted by molar-refractivity contribution is 8.14. The van der Waals surface area contributed by atoms with E-state index in [1.54, 1.807) is 19.0 Å². The standard InChI is InChI=1S/C17H20N4O4S/c1-19-13-14(18-16(19)26-10-12(22)25-3)20(2)17(24)21(15(13)23)9-11-7-5-4-6-8-11/h4-8,13-14H,9-10H2,1-3H3. The first-order valence-corrected chi connectivity index (χ1v) is 9.05. The van der Waals surface area contributed by atoms with Crippen LogP contribution in [0.4, 0.5) is 4.79 Å². The van der Waals surface area contributed by atoms with E-state index in [1.807, 2.05) is 30.3 Å². The Morgan fingerprint density at radius 2 is 1.88 bits per heavy atom. The number of ether oxygens (including phenoxy) is 1. The lowest BCUT2D eigenvalue weighted by atomic mass is 10.1. The van der Waals surface area contributed by atoms with Gasteiger partial charge in [-0.2, -0.15) is 0 Å². The minimum absolute atomic E-state index is 0.0959. The lowest BCUT2D eigenvalue weighted by molar-refractivity contribution is -0.138. The fourth-order valence-corrected chi connectivity index (χ4v) is 3.84. The number of nitrogens with zero attached hydrogens (tertiary/aromatic N) is 4. The van der Waals surface area contributed by atoms with Gasteiger partial charge in [-0.3, -0.25) is 14.5 Å². The highest BCUT2D eigenvalue weighted by Gasteiger charge is 2.50. The van der Waals surface area contributed by atoms with E-state index in [-0.39, 0.29) is 30.2 Å². The molecule has 1 fully saturated rings. The monoisotopic (exact) mass is 376 g/mol. The number of benzene rings is 1. The number of rotatable bonds is 4. The zero-order chi connectivity index (χ0) is 18.8. The van der Waals surface area contributed by atoms with Crippen molar-refractivity contribution >= 4 is 34.8 Å². The van der Waals surface area contributed by atoms with Crippen molar-refractivity contribution in [2.24, 2.45) is 4.99 Å². The number of esters is 1. The van der Waals surface area contributed by atoms with Gasteiger partial charge in [0.05, 0.1) is 19.4 Å². The lowest BCUT2D eigenvalue weighted by Crippen LogP contribution is -2.64. The molecule has 0 aromatic heterocycles. The summed E-state index contributed by atoms with van der Waals surface area (Å²) in [5.41, 5.74) is 0.878. The van der Waals surface area contributed by atoms with Crippen LogP contribution < -0.4 is 0 Å². The van der Waals surface area contributed by atoms with E-state index in [0.29, 0.717) is 5.17 Å². The Morgan fingerprint density at radius 3 is 2.54 bits per heavy atom. The van der Waals surface area contributed by atoms with Gasteiger partial charge in [-0.15, -0.1) is 0 Å². The summed E-state index contributed by atoms with van der Waals surface area (Å²) in [5, 5.41) is 0.542. The summed E-state index contributed by atoms with van der Waals surface area (Å²) in [7, 11) is 4.70. The normalized spacial score (nSPS) is 22.4. The van der Waals surface area contributed by atoms with Crippen LogP contribution in [0.5, 0.6) is 0 Å². The number of aliphatic imine (C=N–C) groups is 1. The van der Waals surface area contributed by atoms with Crippen LogP contribution in [0.15, 0.2) is 35.3 Å². The van der Waals surface area contributed by atoms with Gasteiger partial charge in [-0.1, -0.05) is 42.1 Å². The predicted octanol–water partition coefficient (Wildman–Crippen LogP) is 0.983. The highest BCUT2D eigenvalue weighted by Crippen LogP contribution is 2.30. The zero-order valence-corrected chi connectivity index (χ0v) is 15.6. The van der Waals surface area contributed by atoms with Crippen LogP contribution in [-0.4, -0.2) is 76.9 Å². The molecule has 0 radical (unpaired) electrons. The summed E-state index contributed by atoms with van der Waals surface area (Å²) in [6.45, 7) is 0.213. The molecule has 2 unspecified atom stereocenters. The molecule has 9 heteroatoms. The Morgan fingerprint density at radius 1 is 1.19 bits per heavy atom. The van der Waals surface area contributed by atoms with Gasteiger partial charge in [-0.25, -0.2) is 9.79 Å². The Bertz CT molecular complexity index is 754. The van der Waals surface area contributed by atoms with E-state index < -0.39 is 12.2 Å². The molecule has 0 aliphatic carbocycles. The average Bonchev–Trinajstić information content (AvgIpc) is 2.99. The summed E-state index contributed by atoms with van der Waals surface area (Å²) < 4.78 is 4.63. The van der Waals surface area contributed by atoms with Crippen LogP contribution in [0.2, 0.25) is 0 Å². The van der Waals surface area contributed by atoms with Gasteiger partial charge in [0.15, 0.2) is 17.4 Å². The van der Waals surface area contributed by atoms with Crippen molar-refractivity contribution < 1.29 is 19.1 Å². The number of hydrogen-bond donors (Lipinski definition) is 0. The third-order valence-electron chi connectivity index (χ3n) is 4.42. The number of urea groups is 1. The largest absolute Gasteiger partial charge is 0.468 e. The molecule has 0 N–H and O–H groups in total. The van der Waals surface area contributed by atoms with Crippen molar-refractivity contribution in [3.05, 3.63) is 35.9 Å². The van der Waals surface area contributed by atoms with E-state index in [9.17, 15) is 14.4 Å². The molecule has 8 nitrogen and oxygen atoms in total. The van der Waals surface area contributed by atoms with Crippen LogP contribution in [0.3, 0.4) is 0 Å². The second kappa shape index (κ2) is 7.36. The molecule has 1 aromatic rings. The van der Waals surface area contributed by atoms with E-state index >= 15 is 0 Å². The number of likely N-dealkylation sites (N-methyl/N-ethyl adjacent to an activating group) is 2. The first-order chi connectivity index (χ1) is 12.4. The minimum atomic E-state index is -0.596. The maximum atomic E-state index is 13.0. The maximum Gasteiger partial charge on any atom is 0.328 e. The van der Waals surface area contributed by atoms with Gasteiger partial charge >= 0.3 is 12.0 Å². The number of hydrogen-bond acceptors (Lipinski definition) is 7. The van der Waals surface area contributed by atoms with Crippen molar-refractivity contribution in [3.63, 3.8) is 0 Å². The smallest absolute Gasteiger partial charge is 0.328 e. The molecule has 2 aliphatic rings. The first kappa shape index (κ1) is 18.2. The summed E-state index contributed by atoms with van der Waals surface area (Å²) in [4.78, 5) is 45.9. The number of fused-ring (bicyclic) bond motifs is 1. The molecule has 3 rings (SSSR count). The number of thioether (sulfide) groups is 1. The Hall–Kier alpha value is -2.55. The molecular formula is C17H20N4O4S. The first-order valence-electron chi connectivity index (χ1n) is 8.06. The van der Waals surface area contributed by atoms with E-state index in [4.69, 9.17) is 0 Å². The molecular weight excluding hydrogens is 356 g/mol. The Balaban J connectivity index is 1.79. The summed E-state index contributed by atoms with van der Waals surface area (Å²) in [6, 6.07) is 8.39. The predicted molar refractivity (Wildman–Crippen MR) is 97.4 cm³/mol. The third kappa shape index (κ3) is 3.26. The molecule has 3 amide bonds. The summed E-state index contributed by atoms with van der Waals surface area (Å²) >= 11 is 1.19. The highest BCUT2D eigenvalue weighted by atomic mass is 32.2. The molecule has 0 saturated carbocycles. The van der Waals surface area contributed by atoms with Gasteiger partial charge in [0.1, 0.15) is 0 Å². The molecule has 1 aromatic carbocycles. The average molecular weight is 376 g/mol. The number of methoxy groups -OCH3 is 1. The third-order valence-corrected chi connectivity index (χ3v) is 5.45. The van der Waals surface area contributed by atoms with Crippen molar-refractivity contribution in [2.75, 3.05) is 27.0 Å². The van der Waals surface area contributed by atoms with Crippen molar-refractivity contribution in [1.82, 2.24) is 14.7 Å². The Kier molecular flexibility index (Phi) is 5.17. The lowest BCUT2D eigenvalue weighted by Gasteiger charge is -2.40. The quantitative estimate of drug-likeness (QED) is 0.729. The Labute approximate surface area is 155 Å². The number of imide groups is 1. The fourth-order valence-electron chi connectivity index (χ4n) is 2.98. The van der Waals surface area contributed by atoms with Crippen molar-refractivity contribution in [3.8, 4) is 0 Å². The molecule has 0 spiro atoms. The second-order valence-electron chi connectivity index (χ2n) is 6.05. The molecule has 1 saturated heterocycles. The van der Waals surface area contributed by atoms with E-state index in [1.165, 1.54) is 28.7 Å². The zero-order valence-electron chi connectivity index (χ0n) is 14.8. The molecule has 2 heterocycles. The molecule has 0 bridgehead atoms. The summed E-state index contributed by atoms with van der Waals surface area (Å²) in [5.74, 6) is -0.567. The fraction of sp³-hybridized carbons (Fsp3) is 0.412. The number of amidine groups is 1. The number of carbonyl (C=O) groups is 3. The van der Waals surface area contributed by atoms with Crippen LogP contribution in [0.1, 0.15) is 5.56 Å². The van der Waals surface area contributed by atoms with Gasteiger partial charge in [0, 0.05) is 14.1 Å².